The van der Waals surface area contributed by atoms with Crippen LogP contribution in [0.3, 0.4) is 0 Å². The van der Waals surface area contributed by atoms with Crippen molar-refractivity contribution in [2.24, 2.45) is 5.92 Å². The van der Waals surface area contributed by atoms with Crippen LogP contribution in [0.4, 0.5) is 0 Å². The fourth-order valence-electron chi connectivity index (χ4n) is 6.59. The Morgan fingerprint density at radius 3 is 1.61 bits per heavy atom. The number of rotatable bonds is 26. The van der Waals surface area contributed by atoms with Gasteiger partial charge in [0.15, 0.2) is 0 Å². The highest BCUT2D eigenvalue weighted by atomic mass is 16.5. The number of unbranched alkanes of at least 4 members (excludes halogenated alkanes) is 16. The van der Waals surface area contributed by atoms with Crippen LogP contribution in [0, 0.1) is 5.92 Å². The molecule has 2 fully saturated rings. The van der Waals surface area contributed by atoms with Gasteiger partial charge in [-0.05, 0) is 45.4 Å². The van der Waals surface area contributed by atoms with E-state index in [0.29, 0.717) is 19.3 Å². The van der Waals surface area contributed by atoms with E-state index in [1.54, 1.807) is 0 Å². The van der Waals surface area contributed by atoms with Gasteiger partial charge < -0.3 is 19.7 Å². The maximum Gasteiger partial charge on any atom is 0.309 e. The van der Waals surface area contributed by atoms with Crippen molar-refractivity contribution >= 4 is 11.8 Å². The summed E-state index contributed by atoms with van der Waals surface area (Å²) in [5.74, 6) is -0.226. The molecule has 0 radical (unpaired) electrons. The molecule has 6 nitrogen and oxygen atoms in total. The number of aliphatic hydroxyl groups is 2. The van der Waals surface area contributed by atoms with Gasteiger partial charge in [-0.15, -0.1) is 0 Å². The van der Waals surface area contributed by atoms with Crippen molar-refractivity contribution in [3.8, 4) is 0 Å². The smallest absolute Gasteiger partial charge is 0.309 e. The second-order valence-corrected chi connectivity index (χ2v) is 13.2. The van der Waals surface area contributed by atoms with Crippen molar-refractivity contribution in [1.82, 2.24) is 0 Å². The molecule has 6 atom stereocenters. The highest BCUT2D eigenvalue weighted by Gasteiger charge is 2.34. The molecule has 2 rings (SSSR count). The Morgan fingerprint density at radius 2 is 1.17 bits per heavy atom. The minimum Gasteiger partial charge on any atom is -0.462 e. The first-order valence-corrected chi connectivity index (χ1v) is 17.6. The highest BCUT2D eigenvalue weighted by molar-refractivity contribution is 5.85. The topological polar surface area (TPSA) is 93.1 Å². The van der Waals surface area contributed by atoms with Gasteiger partial charge in [-0.25, -0.2) is 0 Å². The summed E-state index contributed by atoms with van der Waals surface area (Å²) >= 11 is 0. The van der Waals surface area contributed by atoms with Crippen LogP contribution >= 0.6 is 0 Å². The number of carbonyl (C=O) groups is 2. The summed E-state index contributed by atoms with van der Waals surface area (Å²) in [6.07, 6.45) is 25.7. The number of Topliss-reactive ketones (excluding diaryl/α,β-unsaturated/α-hetero) is 1. The van der Waals surface area contributed by atoms with Gasteiger partial charge in [-0.1, -0.05) is 116 Å². The quantitative estimate of drug-likeness (QED) is 0.0788. The Kier molecular flexibility index (Phi) is 19.9. The standard InChI is InChI=1S/C35H64O6/c1-3-4-5-6-7-8-9-13-16-19-22-31(37)33-24-25-34(41-33)32(38)23-20-17-14-11-10-12-15-18-21-30(36)27-29-26-28(2)40-35(29)39/h28-29,31-34,37-38H,3-27H2,1-2H3/t28-,29-,31+,32+,33+,34+/m1/s1. The predicted octanol–water partition coefficient (Wildman–Crippen LogP) is 8.38. The third-order valence-corrected chi connectivity index (χ3v) is 9.24. The minimum absolute atomic E-state index is 0.0464. The number of aliphatic hydroxyl groups excluding tert-OH is 2. The van der Waals surface area contributed by atoms with Gasteiger partial charge in [-0.2, -0.15) is 0 Å². The van der Waals surface area contributed by atoms with Gasteiger partial charge in [-0.3, -0.25) is 9.59 Å². The molecule has 41 heavy (non-hydrogen) atoms. The molecule has 0 amide bonds. The molecule has 0 aromatic carbocycles. The molecule has 2 heterocycles. The lowest BCUT2D eigenvalue weighted by molar-refractivity contribution is -0.145. The van der Waals surface area contributed by atoms with Crippen molar-refractivity contribution in [2.45, 2.75) is 205 Å². The monoisotopic (exact) mass is 580 g/mol. The van der Waals surface area contributed by atoms with Crippen molar-refractivity contribution in [3.63, 3.8) is 0 Å². The van der Waals surface area contributed by atoms with E-state index in [9.17, 15) is 19.8 Å². The van der Waals surface area contributed by atoms with Crippen LogP contribution in [-0.4, -0.2) is 52.5 Å². The van der Waals surface area contributed by atoms with Gasteiger partial charge >= 0.3 is 5.97 Å². The molecule has 0 spiro atoms. The Balaban J connectivity index is 1.36. The average Bonchev–Trinajstić information content (AvgIpc) is 3.57. The van der Waals surface area contributed by atoms with Gasteiger partial charge in [0.1, 0.15) is 5.78 Å². The first-order valence-electron chi connectivity index (χ1n) is 17.6. The second-order valence-electron chi connectivity index (χ2n) is 13.2. The van der Waals surface area contributed by atoms with Crippen LogP contribution in [0.5, 0.6) is 0 Å². The molecular weight excluding hydrogens is 516 g/mol. The number of ketones is 1. The van der Waals surface area contributed by atoms with E-state index in [2.05, 4.69) is 6.92 Å². The first kappa shape index (κ1) is 36.2. The maximum absolute atomic E-state index is 12.1. The summed E-state index contributed by atoms with van der Waals surface area (Å²) in [5.41, 5.74) is 0. The Labute approximate surface area is 251 Å². The van der Waals surface area contributed by atoms with Crippen LogP contribution < -0.4 is 0 Å². The van der Waals surface area contributed by atoms with Crippen molar-refractivity contribution in [2.75, 3.05) is 0 Å². The number of hydrogen-bond donors (Lipinski definition) is 2. The Hall–Kier alpha value is -0.980. The number of carbonyl (C=O) groups excluding carboxylic acids is 2. The van der Waals surface area contributed by atoms with E-state index < -0.39 is 12.2 Å². The van der Waals surface area contributed by atoms with Crippen molar-refractivity contribution in [1.29, 1.82) is 0 Å². The number of esters is 1. The molecule has 6 heteroatoms. The molecule has 240 valence electrons. The van der Waals surface area contributed by atoms with E-state index in [1.165, 1.54) is 77.0 Å². The van der Waals surface area contributed by atoms with E-state index in [0.717, 1.165) is 64.2 Å². The zero-order valence-electron chi connectivity index (χ0n) is 26.7. The van der Waals surface area contributed by atoms with Crippen molar-refractivity contribution < 1.29 is 29.3 Å². The predicted molar refractivity (Wildman–Crippen MR) is 166 cm³/mol. The summed E-state index contributed by atoms with van der Waals surface area (Å²) in [4.78, 5) is 23.8. The fraction of sp³-hybridized carbons (Fsp3) is 0.943. The lowest BCUT2D eigenvalue weighted by Gasteiger charge is -2.22. The van der Waals surface area contributed by atoms with Gasteiger partial charge in [0.25, 0.3) is 0 Å². The lowest BCUT2D eigenvalue weighted by Crippen LogP contribution is -2.31. The molecule has 2 N–H and O–H groups in total. The zero-order chi connectivity index (χ0) is 29.7. The summed E-state index contributed by atoms with van der Waals surface area (Å²) in [5, 5.41) is 21.2. The second kappa shape index (κ2) is 22.5. The molecule has 0 saturated carbocycles. The van der Waals surface area contributed by atoms with E-state index >= 15 is 0 Å². The number of cyclic esters (lactones) is 1. The minimum atomic E-state index is -0.420. The van der Waals surface area contributed by atoms with E-state index in [4.69, 9.17) is 9.47 Å². The van der Waals surface area contributed by atoms with Crippen molar-refractivity contribution in [3.05, 3.63) is 0 Å². The van der Waals surface area contributed by atoms with Gasteiger partial charge in [0.2, 0.25) is 0 Å². The fourth-order valence-corrected chi connectivity index (χ4v) is 6.59. The molecule has 0 aromatic heterocycles. The SMILES string of the molecule is CCCCCCCCCCCC[C@H](O)[C@@H]1CC[C@@H]([C@@H](O)CCCCCCCCCCC(=O)C[C@H]2C[C@@H](C)OC2=O)O1. The van der Waals surface area contributed by atoms with E-state index in [1.807, 2.05) is 6.92 Å². The van der Waals surface area contributed by atoms with Crippen LogP contribution in [0.15, 0.2) is 0 Å². The summed E-state index contributed by atoms with van der Waals surface area (Å²) in [7, 11) is 0. The van der Waals surface area contributed by atoms with Gasteiger partial charge in [0, 0.05) is 12.8 Å². The van der Waals surface area contributed by atoms with E-state index in [-0.39, 0.29) is 36.0 Å². The highest BCUT2D eigenvalue weighted by Crippen LogP contribution is 2.29. The Morgan fingerprint density at radius 1 is 0.732 bits per heavy atom. The van der Waals surface area contributed by atoms with Crippen LogP contribution in [0.25, 0.3) is 0 Å². The summed E-state index contributed by atoms with van der Waals surface area (Å²) in [6, 6.07) is 0. The van der Waals surface area contributed by atoms with Gasteiger partial charge in [0.05, 0.1) is 36.4 Å². The molecule has 2 saturated heterocycles. The third kappa shape index (κ3) is 16.4. The third-order valence-electron chi connectivity index (χ3n) is 9.24. The molecule has 0 bridgehead atoms. The summed E-state index contributed by atoms with van der Waals surface area (Å²) < 4.78 is 11.2. The summed E-state index contributed by atoms with van der Waals surface area (Å²) in [6.45, 7) is 4.15. The number of ether oxygens (including phenoxy) is 2. The van der Waals surface area contributed by atoms with Crippen LogP contribution in [-0.2, 0) is 19.1 Å². The lowest BCUT2D eigenvalue weighted by atomic mass is 9.96. The molecule has 2 aliphatic rings. The molecular formula is C35H64O6. The Bertz CT molecular complexity index is 682. The maximum atomic E-state index is 12.1. The molecule has 0 unspecified atom stereocenters. The molecule has 0 aromatic rings. The van der Waals surface area contributed by atoms with Crippen LogP contribution in [0.1, 0.15) is 174 Å². The largest absolute Gasteiger partial charge is 0.462 e. The molecule has 2 aliphatic heterocycles. The first-order chi connectivity index (χ1) is 19.9. The number of hydrogen-bond acceptors (Lipinski definition) is 6. The molecule has 0 aliphatic carbocycles. The zero-order valence-corrected chi connectivity index (χ0v) is 26.7. The van der Waals surface area contributed by atoms with Crippen LogP contribution in [0.2, 0.25) is 0 Å². The normalized spacial score (nSPS) is 24.0. The average molecular weight is 581 g/mol.